The van der Waals surface area contributed by atoms with E-state index in [1.165, 1.54) is 22.3 Å². The number of allylic oxidation sites excluding steroid dienone is 2. The second-order valence-electron chi connectivity index (χ2n) is 15.4. The summed E-state index contributed by atoms with van der Waals surface area (Å²) in [7, 11) is 1.73. The van der Waals surface area contributed by atoms with Crippen LogP contribution in [0.1, 0.15) is 110 Å². The summed E-state index contributed by atoms with van der Waals surface area (Å²) in [5.74, 6) is 0.111. The van der Waals surface area contributed by atoms with Gasteiger partial charge in [-0.2, -0.15) is 0 Å². The van der Waals surface area contributed by atoms with Gasteiger partial charge in [-0.1, -0.05) is 20.8 Å². The van der Waals surface area contributed by atoms with Crippen molar-refractivity contribution in [3.05, 3.63) is 69.3 Å². The molecule has 1 saturated heterocycles. The standard InChI is InChI=1S/C42H57N5O7S/c1-9-26-23(5)32-19-35-27(10-2)22(4)31(44-35)18-33-24(6)28(38(46-33)25(7)30-16-21(3)29(43-30)17-34(26)45-32)12-13-37(49)47(8)14-11-15-55(53)42-41(52)40(51)39(50)36(20-48)54-42/h16-19,24,28,36,39-44,48,50-52H,9-15,20H2,1-8H3/t24-,28-,36+,39+,40-,41+,42-,55?/m0/s1. The first kappa shape index (κ1) is 41.1. The van der Waals surface area contributed by atoms with E-state index in [4.69, 9.17) is 14.7 Å². The molecule has 1 unspecified atom stereocenters. The van der Waals surface area contributed by atoms with Crippen molar-refractivity contribution in [1.29, 1.82) is 0 Å². The highest BCUT2D eigenvalue weighted by Gasteiger charge is 2.48. The van der Waals surface area contributed by atoms with Crippen molar-refractivity contribution in [2.24, 2.45) is 0 Å². The summed E-state index contributed by atoms with van der Waals surface area (Å²) in [6, 6.07) is 8.68. The van der Waals surface area contributed by atoms with Crippen molar-refractivity contribution in [2.75, 3.05) is 26.0 Å². The van der Waals surface area contributed by atoms with E-state index in [0.29, 0.717) is 25.8 Å². The summed E-state index contributed by atoms with van der Waals surface area (Å²) in [6.07, 6.45) is -2.75. The average molecular weight is 776 g/mol. The third-order valence-electron chi connectivity index (χ3n) is 12.0. The summed E-state index contributed by atoms with van der Waals surface area (Å²) in [4.78, 5) is 33.0. The maximum absolute atomic E-state index is 13.5. The predicted molar refractivity (Wildman–Crippen MR) is 217 cm³/mol. The molecule has 3 aliphatic rings. The lowest BCUT2D eigenvalue weighted by atomic mass is 9.86. The maximum atomic E-state index is 13.5. The van der Waals surface area contributed by atoms with E-state index >= 15 is 0 Å². The minimum Gasteiger partial charge on any atom is -0.614 e. The third kappa shape index (κ3) is 8.03. The molecule has 55 heavy (non-hydrogen) atoms. The van der Waals surface area contributed by atoms with Crippen LogP contribution >= 0.6 is 0 Å². The monoisotopic (exact) mass is 775 g/mol. The van der Waals surface area contributed by atoms with Gasteiger partial charge in [0.05, 0.1) is 18.0 Å². The zero-order valence-electron chi connectivity index (χ0n) is 33.3. The van der Waals surface area contributed by atoms with Crippen LogP contribution in [0.5, 0.6) is 0 Å². The lowest BCUT2D eigenvalue weighted by Gasteiger charge is -2.39. The van der Waals surface area contributed by atoms with Gasteiger partial charge in [0.25, 0.3) is 0 Å². The van der Waals surface area contributed by atoms with Gasteiger partial charge in [-0.3, -0.25) is 9.78 Å². The largest absolute Gasteiger partial charge is 0.614 e. The van der Waals surface area contributed by atoms with Gasteiger partial charge in [0.1, 0.15) is 24.1 Å². The molecule has 6 N–H and O–H groups in total. The highest BCUT2D eigenvalue weighted by atomic mass is 32.2. The molecule has 12 nitrogen and oxygen atoms in total. The Labute approximate surface area is 326 Å². The molecule has 8 atom stereocenters. The number of rotatable bonds is 11. The molecule has 298 valence electrons. The molecule has 0 aliphatic carbocycles. The molecule has 1 fully saturated rings. The number of aliphatic hydroxyl groups is 4. The molecule has 3 aromatic heterocycles. The molecule has 0 saturated carbocycles. The Morgan fingerprint density at radius 2 is 1.60 bits per heavy atom. The van der Waals surface area contributed by atoms with Crippen molar-refractivity contribution < 1.29 is 34.5 Å². The molecule has 0 aromatic carbocycles. The minimum absolute atomic E-state index is 0.00539. The van der Waals surface area contributed by atoms with E-state index in [1.54, 1.807) is 11.9 Å². The Bertz CT molecular complexity index is 2110. The number of aromatic nitrogens is 4. The van der Waals surface area contributed by atoms with E-state index in [2.05, 4.69) is 82.7 Å². The third-order valence-corrected chi connectivity index (χ3v) is 13.6. The second kappa shape index (κ2) is 16.9. The average Bonchev–Trinajstić information content (AvgIpc) is 3.87. The maximum Gasteiger partial charge on any atom is 0.245 e. The van der Waals surface area contributed by atoms with Crippen LogP contribution in [0.25, 0.3) is 33.2 Å². The Morgan fingerprint density at radius 3 is 2.29 bits per heavy atom. The first-order valence-electron chi connectivity index (χ1n) is 19.5. The van der Waals surface area contributed by atoms with E-state index in [9.17, 15) is 29.8 Å². The highest BCUT2D eigenvalue weighted by Crippen LogP contribution is 2.42. The lowest BCUT2D eigenvalue weighted by Crippen LogP contribution is -2.60. The van der Waals surface area contributed by atoms with Crippen LogP contribution in [0.4, 0.5) is 0 Å². The number of carbonyl (C=O) groups excluding carboxylic acids is 1. The number of carbonyl (C=O) groups is 1. The van der Waals surface area contributed by atoms with Crippen molar-refractivity contribution in [2.45, 2.75) is 122 Å². The molecule has 3 aromatic rings. The van der Waals surface area contributed by atoms with Gasteiger partial charge in [-0.05, 0) is 116 Å². The number of nitrogens with one attached hydrogen (secondary N) is 2. The van der Waals surface area contributed by atoms with Crippen molar-refractivity contribution in [1.82, 2.24) is 24.8 Å². The number of fused-ring (bicyclic) bond motifs is 8. The van der Waals surface area contributed by atoms with Crippen LogP contribution in [-0.2, 0) is 27.1 Å². The molecule has 6 rings (SSSR count). The number of aliphatic hydroxyl groups excluding tert-OH is 4. The molecule has 8 bridgehead atoms. The Morgan fingerprint density at radius 1 is 0.909 bits per heavy atom. The second-order valence-corrected chi connectivity index (χ2v) is 17.0. The summed E-state index contributed by atoms with van der Waals surface area (Å²) in [6.45, 7) is 14.8. The number of H-pyrrole nitrogens is 2. The van der Waals surface area contributed by atoms with Gasteiger partial charge in [-0.15, -0.1) is 0 Å². The first-order chi connectivity index (χ1) is 26.2. The summed E-state index contributed by atoms with van der Waals surface area (Å²) in [5, 5.41) is 40.0. The number of nitrogens with zero attached hydrogens (tertiary/aromatic N) is 3. The predicted octanol–water partition coefficient (Wildman–Crippen LogP) is 5.21. The van der Waals surface area contributed by atoms with Gasteiger partial charge >= 0.3 is 0 Å². The molecule has 3 aliphatic heterocycles. The Kier molecular flexibility index (Phi) is 12.6. The molecular weight excluding hydrogens is 719 g/mol. The SMILES string of the molecule is CCC1=C(C)c2cc3[nH]c(cc4nc(c(C)c5cc(C)c(cc1n2)[nH]5)[C@@H](CCC(=O)N(C)CCC[S+]([O-])[C@@H]1O[C@H](CO)[C@@H](O)[C@H](O)[C@H]1O)[C@@H]4C)c(C)c3CC. The number of aromatic amines is 2. The minimum atomic E-state index is -1.73. The van der Waals surface area contributed by atoms with E-state index in [1.807, 2.05) is 0 Å². The van der Waals surface area contributed by atoms with Crippen LogP contribution in [0, 0.1) is 20.8 Å². The quantitative estimate of drug-likeness (QED) is 0.142. The number of amides is 1. The molecule has 0 spiro atoms. The summed E-state index contributed by atoms with van der Waals surface area (Å²) >= 11 is -1.73. The number of hydrogen-bond donors (Lipinski definition) is 6. The van der Waals surface area contributed by atoms with Crippen molar-refractivity contribution >= 4 is 50.3 Å². The van der Waals surface area contributed by atoms with Crippen LogP contribution in [-0.4, -0.2) is 112 Å². The fourth-order valence-electron chi connectivity index (χ4n) is 8.34. The summed E-state index contributed by atoms with van der Waals surface area (Å²) in [5.41, 5.74) is 13.8. The van der Waals surface area contributed by atoms with Crippen LogP contribution in [0.15, 0.2) is 24.3 Å². The first-order valence-corrected chi connectivity index (χ1v) is 20.9. The molecule has 6 heterocycles. The van der Waals surface area contributed by atoms with Crippen LogP contribution in [0.2, 0.25) is 0 Å². The van der Waals surface area contributed by atoms with Gasteiger partial charge in [0.15, 0.2) is 6.10 Å². The molecule has 1 amide bonds. The van der Waals surface area contributed by atoms with Crippen LogP contribution < -0.4 is 0 Å². The van der Waals surface area contributed by atoms with Gasteiger partial charge in [0.2, 0.25) is 11.3 Å². The topological polar surface area (TPSA) is 191 Å². The molecule has 13 heteroatoms. The lowest BCUT2D eigenvalue weighted by molar-refractivity contribution is -0.207. The van der Waals surface area contributed by atoms with Gasteiger partial charge < -0.3 is 44.6 Å². The summed E-state index contributed by atoms with van der Waals surface area (Å²) < 4.78 is 18.5. The number of ether oxygens (including phenoxy) is 1. The van der Waals surface area contributed by atoms with Crippen molar-refractivity contribution in [3.63, 3.8) is 0 Å². The fraction of sp³-hybridized carbons (Fsp3) is 0.548. The molecular formula is C42H57N5O7S. The fourth-order valence-corrected chi connectivity index (χ4v) is 9.72. The number of aryl methyl sites for hydroxylation is 4. The zero-order chi connectivity index (χ0) is 39.9. The van der Waals surface area contributed by atoms with Gasteiger partial charge in [0, 0.05) is 71.7 Å². The number of hydrogen-bond acceptors (Lipinski definition) is 9. The van der Waals surface area contributed by atoms with E-state index < -0.39 is 47.6 Å². The molecule has 0 radical (unpaired) electrons. The van der Waals surface area contributed by atoms with E-state index in [-0.39, 0.29) is 23.5 Å². The smallest absolute Gasteiger partial charge is 0.245 e. The van der Waals surface area contributed by atoms with Gasteiger partial charge in [-0.25, -0.2) is 4.98 Å². The highest BCUT2D eigenvalue weighted by molar-refractivity contribution is 7.91. The Hall–Kier alpha value is -3.56. The van der Waals surface area contributed by atoms with Crippen LogP contribution in [0.3, 0.4) is 0 Å². The van der Waals surface area contributed by atoms with E-state index in [0.717, 1.165) is 68.8 Å². The van der Waals surface area contributed by atoms with Crippen molar-refractivity contribution in [3.8, 4) is 0 Å². The Balaban J connectivity index is 1.27. The zero-order valence-corrected chi connectivity index (χ0v) is 34.1. The normalized spacial score (nSPS) is 24.7.